The van der Waals surface area contributed by atoms with Crippen LogP contribution in [0.15, 0.2) is 48.5 Å². The molecule has 0 aliphatic carbocycles. The van der Waals surface area contributed by atoms with Gasteiger partial charge in [0.1, 0.15) is 18.2 Å². The number of amides is 1. The zero-order chi connectivity index (χ0) is 21.0. The van der Waals surface area contributed by atoms with Crippen LogP contribution < -0.4 is 10.5 Å². The molecule has 1 amide bonds. The molecule has 152 valence electrons. The van der Waals surface area contributed by atoms with E-state index < -0.39 is 17.6 Å². The van der Waals surface area contributed by atoms with Crippen LogP contribution in [0.1, 0.15) is 28.4 Å². The molecule has 1 unspecified atom stereocenters. The topological polar surface area (TPSA) is 70.1 Å². The summed E-state index contributed by atoms with van der Waals surface area (Å²) in [6, 6.07) is 13.7. The maximum absolute atomic E-state index is 13.3. The second-order valence-corrected chi connectivity index (χ2v) is 7.27. The molecule has 2 N–H and O–H groups in total. The smallest absolute Gasteiger partial charge is 0.225 e. The summed E-state index contributed by atoms with van der Waals surface area (Å²) in [5.74, 6) is -0.721. The molecule has 5 nitrogen and oxygen atoms in total. The van der Waals surface area contributed by atoms with E-state index >= 15 is 0 Å². The number of carbonyl (C=O) groups is 1. The van der Waals surface area contributed by atoms with Crippen LogP contribution in [-0.4, -0.2) is 22.3 Å². The van der Waals surface area contributed by atoms with Crippen LogP contribution >= 0.6 is 11.6 Å². The highest BCUT2D eigenvalue weighted by molar-refractivity contribution is 6.31. The van der Waals surface area contributed by atoms with Gasteiger partial charge in [-0.15, -0.1) is 0 Å². The lowest BCUT2D eigenvalue weighted by atomic mass is 9.90. The Morgan fingerprint density at radius 1 is 1.24 bits per heavy atom. The van der Waals surface area contributed by atoms with Crippen LogP contribution in [-0.2, 0) is 17.8 Å². The van der Waals surface area contributed by atoms with E-state index in [0.717, 1.165) is 22.7 Å². The Kier molecular flexibility index (Phi) is 6.54. The molecule has 0 radical (unpaired) electrons. The van der Waals surface area contributed by atoms with Crippen molar-refractivity contribution in [1.82, 2.24) is 9.78 Å². The predicted octanol–water partition coefficient (Wildman–Crippen LogP) is 4.18. The molecule has 1 aromatic heterocycles. The molecule has 3 rings (SSSR count). The molecule has 0 aliphatic rings. The number of aryl methyl sites for hydroxylation is 1. The van der Waals surface area contributed by atoms with E-state index in [0.29, 0.717) is 18.7 Å². The van der Waals surface area contributed by atoms with Gasteiger partial charge in [0.25, 0.3) is 0 Å². The Labute approximate surface area is 174 Å². The van der Waals surface area contributed by atoms with Crippen LogP contribution in [0.5, 0.6) is 5.75 Å². The molecule has 0 aliphatic heterocycles. The summed E-state index contributed by atoms with van der Waals surface area (Å²) in [7, 11) is 0. The van der Waals surface area contributed by atoms with E-state index in [9.17, 15) is 9.18 Å². The SMILES string of the molecule is Cc1nn(CCOc2ccccc2)c(C)c1C(Cc1ccc(F)cc1Cl)C(N)=O. The number of rotatable bonds is 8. The first kappa shape index (κ1) is 20.9. The molecule has 1 heterocycles. The summed E-state index contributed by atoms with van der Waals surface area (Å²) >= 11 is 6.15. The molecule has 0 saturated heterocycles. The van der Waals surface area contributed by atoms with E-state index in [-0.39, 0.29) is 11.4 Å². The second-order valence-electron chi connectivity index (χ2n) is 6.86. The summed E-state index contributed by atoms with van der Waals surface area (Å²) < 4.78 is 20.9. The predicted molar refractivity (Wildman–Crippen MR) is 111 cm³/mol. The molecule has 1 atom stereocenters. The van der Waals surface area contributed by atoms with Crippen molar-refractivity contribution in [3.8, 4) is 5.75 Å². The number of nitrogens with two attached hydrogens (primary N) is 1. The van der Waals surface area contributed by atoms with E-state index in [1.54, 1.807) is 6.07 Å². The molecule has 0 bridgehead atoms. The van der Waals surface area contributed by atoms with Crippen LogP contribution in [0.25, 0.3) is 0 Å². The van der Waals surface area contributed by atoms with Crippen LogP contribution in [0.2, 0.25) is 5.02 Å². The Hall–Kier alpha value is -2.86. The number of hydrogen-bond acceptors (Lipinski definition) is 3. The summed E-state index contributed by atoms with van der Waals surface area (Å²) in [6.07, 6.45) is 0.280. The van der Waals surface area contributed by atoms with Gasteiger partial charge in [-0.1, -0.05) is 35.9 Å². The highest BCUT2D eigenvalue weighted by Crippen LogP contribution is 2.30. The number of ether oxygens (including phenoxy) is 1. The number of hydrogen-bond donors (Lipinski definition) is 1. The van der Waals surface area contributed by atoms with Gasteiger partial charge in [-0.2, -0.15) is 5.10 Å². The average Bonchev–Trinajstić information content (AvgIpc) is 2.95. The van der Waals surface area contributed by atoms with Crippen molar-refractivity contribution in [2.45, 2.75) is 32.7 Å². The molecule has 29 heavy (non-hydrogen) atoms. The van der Waals surface area contributed by atoms with E-state index in [1.807, 2.05) is 48.9 Å². The number of primary amides is 1. The van der Waals surface area contributed by atoms with Crippen molar-refractivity contribution in [3.63, 3.8) is 0 Å². The number of benzene rings is 2. The minimum Gasteiger partial charge on any atom is -0.492 e. The Balaban J connectivity index is 1.79. The van der Waals surface area contributed by atoms with E-state index in [2.05, 4.69) is 5.10 Å². The number of carbonyl (C=O) groups excluding carboxylic acids is 1. The number of halogens is 2. The molecule has 2 aromatic carbocycles. The third-order valence-corrected chi connectivity index (χ3v) is 5.24. The maximum Gasteiger partial charge on any atom is 0.225 e. The van der Waals surface area contributed by atoms with Gasteiger partial charge in [0, 0.05) is 16.3 Å². The standard InChI is InChI=1S/C22H23ClFN3O2/c1-14-21(19(22(25)28)12-16-8-9-17(24)13-20(16)23)15(2)27(26-14)10-11-29-18-6-4-3-5-7-18/h3-9,13,19H,10-12H2,1-2H3,(H2,25,28). The number of aromatic nitrogens is 2. The van der Waals surface area contributed by atoms with Gasteiger partial charge in [-0.05, 0) is 50.1 Å². The van der Waals surface area contributed by atoms with Crippen molar-refractivity contribution in [2.75, 3.05) is 6.61 Å². The van der Waals surface area contributed by atoms with E-state index in [1.165, 1.54) is 12.1 Å². The van der Waals surface area contributed by atoms with Crippen molar-refractivity contribution in [2.24, 2.45) is 5.73 Å². The highest BCUT2D eigenvalue weighted by atomic mass is 35.5. The summed E-state index contributed by atoms with van der Waals surface area (Å²) in [5.41, 5.74) is 8.71. The van der Waals surface area contributed by atoms with Crippen LogP contribution in [0, 0.1) is 19.7 Å². The zero-order valence-electron chi connectivity index (χ0n) is 16.4. The van der Waals surface area contributed by atoms with E-state index in [4.69, 9.17) is 22.1 Å². The van der Waals surface area contributed by atoms with Gasteiger partial charge in [0.2, 0.25) is 5.91 Å². The molecule has 0 spiro atoms. The highest BCUT2D eigenvalue weighted by Gasteiger charge is 2.26. The normalized spacial score (nSPS) is 12.0. The first-order valence-electron chi connectivity index (χ1n) is 9.31. The molecular weight excluding hydrogens is 393 g/mol. The largest absolute Gasteiger partial charge is 0.492 e. The fourth-order valence-corrected chi connectivity index (χ4v) is 3.70. The van der Waals surface area contributed by atoms with Gasteiger partial charge in [-0.3, -0.25) is 9.48 Å². The minimum atomic E-state index is -0.609. The maximum atomic E-state index is 13.3. The van der Waals surface area contributed by atoms with Gasteiger partial charge < -0.3 is 10.5 Å². The monoisotopic (exact) mass is 415 g/mol. The lowest BCUT2D eigenvalue weighted by molar-refractivity contribution is -0.119. The Morgan fingerprint density at radius 2 is 1.97 bits per heavy atom. The summed E-state index contributed by atoms with van der Waals surface area (Å²) in [6.45, 7) is 4.72. The van der Waals surface area contributed by atoms with Crippen LogP contribution in [0.3, 0.4) is 0 Å². The third kappa shape index (κ3) is 4.95. The van der Waals surface area contributed by atoms with Crippen molar-refractivity contribution in [3.05, 3.63) is 81.9 Å². The summed E-state index contributed by atoms with van der Waals surface area (Å²) in [4.78, 5) is 12.2. The fourth-order valence-electron chi connectivity index (χ4n) is 3.45. The zero-order valence-corrected chi connectivity index (χ0v) is 17.1. The molecule has 0 fully saturated rings. The van der Waals surface area contributed by atoms with Gasteiger partial charge >= 0.3 is 0 Å². The Morgan fingerprint density at radius 3 is 2.62 bits per heavy atom. The molecule has 0 saturated carbocycles. The summed E-state index contributed by atoms with van der Waals surface area (Å²) in [5, 5.41) is 4.83. The molecular formula is C22H23ClFN3O2. The number of nitrogens with zero attached hydrogens (tertiary/aromatic N) is 2. The molecule has 3 aromatic rings. The fraction of sp³-hybridized carbons (Fsp3) is 0.273. The molecule has 7 heteroatoms. The van der Waals surface area contributed by atoms with Gasteiger partial charge in [-0.25, -0.2) is 4.39 Å². The lowest BCUT2D eigenvalue weighted by Gasteiger charge is -2.16. The van der Waals surface area contributed by atoms with Gasteiger partial charge in [0.05, 0.1) is 18.2 Å². The third-order valence-electron chi connectivity index (χ3n) is 4.88. The quantitative estimate of drug-likeness (QED) is 0.599. The first-order chi connectivity index (χ1) is 13.9. The second kappa shape index (κ2) is 9.09. The Bertz CT molecular complexity index is 1000. The number of para-hydroxylation sites is 1. The van der Waals surface area contributed by atoms with Gasteiger partial charge in [0.15, 0.2) is 0 Å². The van der Waals surface area contributed by atoms with Crippen molar-refractivity contribution >= 4 is 17.5 Å². The van der Waals surface area contributed by atoms with Crippen LogP contribution in [0.4, 0.5) is 4.39 Å². The lowest BCUT2D eigenvalue weighted by Crippen LogP contribution is -2.24. The van der Waals surface area contributed by atoms with Crippen molar-refractivity contribution < 1.29 is 13.9 Å². The minimum absolute atomic E-state index is 0.273. The first-order valence-corrected chi connectivity index (χ1v) is 9.69. The van der Waals surface area contributed by atoms with Crippen molar-refractivity contribution in [1.29, 1.82) is 0 Å². The average molecular weight is 416 g/mol.